The third-order valence-corrected chi connectivity index (χ3v) is 6.90. The summed E-state index contributed by atoms with van der Waals surface area (Å²) in [4.78, 5) is 39.1. The summed E-state index contributed by atoms with van der Waals surface area (Å²) in [6.45, 7) is 3.64. The summed E-state index contributed by atoms with van der Waals surface area (Å²) in [5, 5.41) is 0. The first kappa shape index (κ1) is 26.5. The number of amides is 2. The van der Waals surface area contributed by atoms with E-state index in [0.717, 1.165) is 10.5 Å². The molecule has 0 saturated carbocycles. The third kappa shape index (κ3) is 6.33. The van der Waals surface area contributed by atoms with E-state index in [4.69, 9.17) is 9.47 Å². The molecule has 0 aliphatic carbocycles. The van der Waals surface area contributed by atoms with Gasteiger partial charge in [-0.15, -0.1) is 0 Å². The Kier molecular flexibility index (Phi) is 8.09. The molecule has 2 aromatic rings. The molecule has 10 heteroatoms. The zero-order valence-corrected chi connectivity index (χ0v) is 20.7. The van der Waals surface area contributed by atoms with E-state index in [1.165, 1.54) is 12.1 Å². The van der Waals surface area contributed by atoms with Gasteiger partial charge in [-0.2, -0.15) is 8.42 Å². The average molecular weight is 504 g/mol. The van der Waals surface area contributed by atoms with E-state index >= 15 is 0 Å². The van der Waals surface area contributed by atoms with Crippen LogP contribution >= 0.6 is 0 Å². The van der Waals surface area contributed by atoms with Crippen molar-refractivity contribution in [1.29, 1.82) is 0 Å². The van der Waals surface area contributed by atoms with Crippen molar-refractivity contribution in [3.05, 3.63) is 65.2 Å². The van der Waals surface area contributed by atoms with Crippen molar-refractivity contribution >= 4 is 28.2 Å². The molecule has 1 aliphatic rings. The standard InChI is InChI=1S/C25H29NO8S/c1-25(2,22(15-27)34-16-17-8-10-19(33-3)11-9-17)14-18(12-13-35(30,31)32)26-23(28)20-6-4-5-7-21(20)24(26)29/h4-11,15,18,22H,12-14,16H2,1-3H3,(H,30,31,32)/t18?,22-/m1/s1. The minimum atomic E-state index is -4.34. The fourth-order valence-corrected chi connectivity index (χ4v) is 4.80. The second-order valence-electron chi connectivity index (χ2n) is 9.16. The second kappa shape index (κ2) is 10.7. The predicted octanol–water partition coefficient (Wildman–Crippen LogP) is 3.14. The van der Waals surface area contributed by atoms with Crippen LogP contribution in [0.3, 0.4) is 0 Å². The van der Waals surface area contributed by atoms with Crippen molar-refractivity contribution in [3.8, 4) is 5.75 Å². The lowest BCUT2D eigenvalue weighted by molar-refractivity contribution is -0.128. The highest BCUT2D eigenvalue weighted by Crippen LogP contribution is 2.35. The summed E-state index contributed by atoms with van der Waals surface area (Å²) in [6.07, 6.45) is -0.350. The molecule has 2 atom stereocenters. The maximum Gasteiger partial charge on any atom is 0.264 e. The van der Waals surface area contributed by atoms with Gasteiger partial charge in [0, 0.05) is 6.04 Å². The van der Waals surface area contributed by atoms with Gasteiger partial charge in [0.15, 0.2) is 0 Å². The first-order valence-corrected chi connectivity index (χ1v) is 12.7. The zero-order valence-electron chi connectivity index (χ0n) is 19.8. The predicted molar refractivity (Wildman–Crippen MR) is 128 cm³/mol. The van der Waals surface area contributed by atoms with E-state index in [0.29, 0.717) is 12.0 Å². The normalized spacial score (nSPS) is 15.6. The number of aldehydes is 1. The smallest absolute Gasteiger partial charge is 0.264 e. The molecule has 1 heterocycles. The fourth-order valence-electron chi connectivity index (χ4n) is 4.23. The van der Waals surface area contributed by atoms with E-state index in [1.54, 1.807) is 57.4 Å². The molecule has 188 valence electrons. The molecule has 2 aromatic carbocycles. The molecule has 0 radical (unpaired) electrons. The topological polar surface area (TPSA) is 127 Å². The van der Waals surface area contributed by atoms with Crippen LogP contribution in [0.5, 0.6) is 5.75 Å². The van der Waals surface area contributed by atoms with Crippen molar-refractivity contribution in [2.45, 2.75) is 45.4 Å². The van der Waals surface area contributed by atoms with Gasteiger partial charge in [0.2, 0.25) is 0 Å². The summed E-state index contributed by atoms with van der Waals surface area (Å²) in [5.74, 6) is -1.03. The number of hydrogen-bond acceptors (Lipinski definition) is 7. The van der Waals surface area contributed by atoms with Crippen LogP contribution in [0.2, 0.25) is 0 Å². The lowest BCUT2D eigenvalue weighted by Gasteiger charge is -2.37. The zero-order chi connectivity index (χ0) is 25.8. The maximum atomic E-state index is 13.0. The van der Waals surface area contributed by atoms with Gasteiger partial charge in [-0.1, -0.05) is 38.1 Å². The van der Waals surface area contributed by atoms with E-state index in [1.807, 2.05) is 0 Å². The fraction of sp³-hybridized carbons (Fsp3) is 0.400. The highest BCUT2D eigenvalue weighted by Gasteiger charge is 2.43. The van der Waals surface area contributed by atoms with Crippen LogP contribution in [-0.4, -0.2) is 61.0 Å². The first-order chi connectivity index (χ1) is 16.5. The molecular weight excluding hydrogens is 474 g/mol. The van der Waals surface area contributed by atoms with Gasteiger partial charge in [0.05, 0.1) is 30.6 Å². The molecular formula is C25H29NO8S. The van der Waals surface area contributed by atoms with Crippen LogP contribution in [0.1, 0.15) is 53.0 Å². The van der Waals surface area contributed by atoms with E-state index in [2.05, 4.69) is 0 Å². The Bertz CT molecular complexity index is 1160. The Morgan fingerprint density at radius 2 is 1.60 bits per heavy atom. The molecule has 0 spiro atoms. The molecule has 1 unspecified atom stereocenters. The Hall–Kier alpha value is -3.08. The van der Waals surface area contributed by atoms with Crippen LogP contribution in [0, 0.1) is 5.41 Å². The van der Waals surface area contributed by atoms with Crippen molar-refractivity contribution < 1.29 is 36.8 Å². The van der Waals surface area contributed by atoms with Gasteiger partial charge < -0.3 is 14.3 Å². The number of ether oxygens (including phenoxy) is 2. The lowest BCUT2D eigenvalue weighted by atomic mass is 9.79. The van der Waals surface area contributed by atoms with Crippen LogP contribution in [0.4, 0.5) is 0 Å². The molecule has 3 rings (SSSR count). The number of fused-ring (bicyclic) bond motifs is 1. The lowest BCUT2D eigenvalue weighted by Crippen LogP contribution is -2.46. The number of rotatable bonds is 12. The molecule has 0 aromatic heterocycles. The van der Waals surface area contributed by atoms with Crippen molar-refractivity contribution in [2.75, 3.05) is 12.9 Å². The summed E-state index contributed by atoms with van der Waals surface area (Å²) < 4.78 is 43.3. The Labute approximate surface area is 204 Å². The SMILES string of the molecule is COc1ccc(CO[C@H](C=O)C(C)(C)CC(CCS(=O)(=O)O)N2C(=O)c3ccccc3C2=O)cc1. The van der Waals surface area contributed by atoms with Crippen molar-refractivity contribution in [3.63, 3.8) is 0 Å². The number of nitrogens with zero attached hydrogens (tertiary/aromatic N) is 1. The molecule has 9 nitrogen and oxygen atoms in total. The Morgan fingerprint density at radius 3 is 2.09 bits per heavy atom. The van der Waals surface area contributed by atoms with Crippen LogP contribution in [-0.2, 0) is 26.3 Å². The van der Waals surface area contributed by atoms with Gasteiger partial charge in [-0.25, -0.2) is 0 Å². The molecule has 0 saturated heterocycles. The number of methoxy groups -OCH3 is 1. The van der Waals surface area contributed by atoms with Gasteiger partial charge in [-0.05, 0) is 48.1 Å². The Balaban J connectivity index is 1.81. The summed E-state index contributed by atoms with van der Waals surface area (Å²) in [5.41, 5.74) is 0.398. The number of benzene rings is 2. The second-order valence-corrected chi connectivity index (χ2v) is 10.7. The summed E-state index contributed by atoms with van der Waals surface area (Å²) >= 11 is 0. The van der Waals surface area contributed by atoms with Crippen LogP contribution < -0.4 is 4.74 Å². The van der Waals surface area contributed by atoms with E-state index in [9.17, 15) is 27.4 Å². The number of carbonyl (C=O) groups is 3. The number of carbonyl (C=O) groups excluding carboxylic acids is 3. The molecule has 35 heavy (non-hydrogen) atoms. The largest absolute Gasteiger partial charge is 0.497 e. The van der Waals surface area contributed by atoms with Gasteiger partial charge >= 0.3 is 0 Å². The van der Waals surface area contributed by atoms with E-state index < -0.39 is 45.2 Å². The Morgan fingerprint density at radius 1 is 1.03 bits per heavy atom. The molecule has 1 aliphatic heterocycles. The summed E-state index contributed by atoms with van der Waals surface area (Å²) in [6, 6.07) is 12.6. The highest BCUT2D eigenvalue weighted by molar-refractivity contribution is 7.85. The van der Waals surface area contributed by atoms with Crippen molar-refractivity contribution in [2.24, 2.45) is 5.41 Å². The maximum absolute atomic E-state index is 13.0. The van der Waals surface area contributed by atoms with Crippen LogP contribution in [0.15, 0.2) is 48.5 Å². The molecule has 0 fully saturated rings. The molecule has 1 N–H and O–H groups in total. The van der Waals surface area contributed by atoms with Gasteiger partial charge in [0.1, 0.15) is 18.1 Å². The van der Waals surface area contributed by atoms with Gasteiger partial charge in [-0.3, -0.25) is 19.0 Å². The molecule has 2 amide bonds. The van der Waals surface area contributed by atoms with Gasteiger partial charge in [0.25, 0.3) is 21.9 Å². The minimum Gasteiger partial charge on any atom is -0.497 e. The quantitative estimate of drug-likeness (QED) is 0.266. The summed E-state index contributed by atoms with van der Waals surface area (Å²) in [7, 11) is -2.79. The van der Waals surface area contributed by atoms with Crippen LogP contribution in [0.25, 0.3) is 0 Å². The van der Waals surface area contributed by atoms with E-state index in [-0.39, 0.29) is 30.6 Å². The average Bonchev–Trinajstić information content (AvgIpc) is 3.07. The number of imide groups is 1. The minimum absolute atomic E-state index is 0.0833. The highest BCUT2D eigenvalue weighted by atomic mass is 32.2. The third-order valence-electron chi connectivity index (χ3n) is 6.14. The number of hydrogen-bond donors (Lipinski definition) is 1. The molecule has 0 bridgehead atoms. The monoisotopic (exact) mass is 503 g/mol. The first-order valence-electron chi connectivity index (χ1n) is 11.1. The van der Waals surface area contributed by atoms with Crippen molar-refractivity contribution in [1.82, 2.24) is 4.90 Å².